The summed E-state index contributed by atoms with van der Waals surface area (Å²) in [6.45, 7) is 2.41. The van der Waals surface area contributed by atoms with Crippen LogP contribution in [0.1, 0.15) is 40.9 Å². The van der Waals surface area contributed by atoms with E-state index in [2.05, 4.69) is 6.07 Å². The molecule has 1 aliphatic carbocycles. The SMILES string of the molecule is COC1=C(C)C(=O)C2=C(C1=O)[C@H](CO)N1[C@@H](C#N)[C@H]3C(=O)c4c(O)c(C)c(OC)c(O)c4[C@H]([C@@H]1C2)N3C. The van der Waals surface area contributed by atoms with Crippen molar-refractivity contribution in [3.63, 3.8) is 0 Å². The second-order valence-corrected chi connectivity index (χ2v) is 9.76. The zero-order valence-electron chi connectivity index (χ0n) is 21.0. The summed E-state index contributed by atoms with van der Waals surface area (Å²) in [4.78, 5) is 43.8. The second kappa shape index (κ2) is 8.41. The van der Waals surface area contributed by atoms with E-state index in [1.54, 1.807) is 16.8 Å². The van der Waals surface area contributed by atoms with Gasteiger partial charge in [-0.2, -0.15) is 5.26 Å². The van der Waals surface area contributed by atoms with E-state index in [9.17, 15) is 35.0 Å². The molecule has 11 nitrogen and oxygen atoms in total. The monoisotopic (exact) mass is 509 g/mol. The third-order valence-electron chi connectivity index (χ3n) is 8.28. The van der Waals surface area contributed by atoms with Crippen LogP contribution in [-0.4, -0.2) is 94.5 Å². The van der Waals surface area contributed by atoms with Gasteiger partial charge < -0.3 is 24.8 Å². The first-order valence-electron chi connectivity index (χ1n) is 11.8. The van der Waals surface area contributed by atoms with Gasteiger partial charge >= 0.3 is 0 Å². The average molecular weight is 510 g/mol. The van der Waals surface area contributed by atoms with E-state index in [0.717, 1.165) is 0 Å². The lowest BCUT2D eigenvalue weighted by molar-refractivity contribution is -0.122. The standard InChI is InChI=1S/C26H27N3O8/c1-9-20(31)11-6-12-18-16-17(21(32)10(2)26(37-5)24(16)35)22(33)19(28(18)3)13(7-27)29(12)14(8-30)15(11)23(34)25(9)36-4/h12-14,18-19,30,32,35H,6,8H2,1-5H3/t12-,13-,14-,18-,19-/m0/s1. The highest BCUT2D eigenvalue weighted by atomic mass is 16.5. The number of phenols is 2. The highest BCUT2D eigenvalue weighted by Crippen LogP contribution is 2.56. The van der Waals surface area contributed by atoms with Gasteiger partial charge in [0.2, 0.25) is 5.78 Å². The number of aliphatic hydroxyl groups excluding tert-OH is 1. The van der Waals surface area contributed by atoms with Crippen LogP contribution >= 0.6 is 0 Å². The van der Waals surface area contributed by atoms with Crippen LogP contribution in [0.2, 0.25) is 0 Å². The van der Waals surface area contributed by atoms with Crippen molar-refractivity contribution in [1.82, 2.24) is 9.80 Å². The number of benzene rings is 1. The zero-order chi connectivity index (χ0) is 27.1. The molecule has 5 rings (SSSR count). The molecule has 3 N–H and O–H groups in total. The van der Waals surface area contributed by atoms with E-state index >= 15 is 0 Å². The van der Waals surface area contributed by atoms with Crippen LogP contribution in [-0.2, 0) is 14.3 Å². The number of likely N-dealkylation sites (N-methyl/N-ethyl adjacent to an activating group) is 1. The van der Waals surface area contributed by atoms with Crippen LogP contribution in [0.25, 0.3) is 0 Å². The lowest BCUT2D eigenvalue weighted by Crippen LogP contribution is -2.72. The third-order valence-corrected chi connectivity index (χ3v) is 8.28. The third kappa shape index (κ3) is 2.94. The van der Waals surface area contributed by atoms with Gasteiger partial charge in [0.1, 0.15) is 17.8 Å². The predicted octanol–water partition coefficient (Wildman–Crippen LogP) is 0.662. The summed E-state index contributed by atoms with van der Waals surface area (Å²) >= 11 is 0. The van der Waals surface area contributed by atoms with Gasteiger partial charge in [-0.1, -0.05) is 0 Å². The summed E-state index contributed by atoms with van der Waals surface area (Å²) in [7, 11) is 4.26. The van der Waals surface area contributed by atoms with Gasteiger partial charge in [-0.3, -0.25) is 24.2 Å². The number of ketones is 3. The average Bonchev–Trinajstić information content (AvgIpc) is 2.87. The van der Waals surface area contributed by atoms with E-state index in [-0.39, 0.29) is 62.8 Å². The lowest BCUT2D eigenvalue weighted by atomic mass is 9.69. The minimum Gasteiger partial charge on any atom is -0.507 e. The van der Waals surface area contributed by atoms with Gasteiger partial charge in [-0.05, 0) is 27.3 Å². The Balaban J connectivity index is 1.80. The molecule has 0 unspecified atom stereocenters. The maximum absolute atomic E-state index is 13.8. The number of nitrogens with zero attached hydrogens (tertiary/aromatic N) is 3. The molecule has 0 spiro atoms. The van der Waals surface area contributed by atoms with E-state index < -0.39 is 54.2 Å². The Morgan fingerprint density at radius 3 is 2.30 bits per heavy atom. The van der Waals surface area contributed by atoms with Crippen molar-refractivity contribution in [2.24, 2.45) is 0 Å². The Hall–Kier alpha value is -3.72. The molecule has 5 atom stereocenters. The minimum atomic E-state index is -1.12. The second-order valence-electron chi connectivity index (χ2n) is 9.76. The molecular weight excluding hydrogens is 482 g/mol. The van der Waals surface area contributed by atoms with Crippen molar-refractivity contribution < 1.29 is 39.2 Å². The van der Waals surface area contributed by atoms with Crippen molar-refractivity contribution in [1.29, 1.82) is 5.26 Å². The van der Waals surface area contributed by atoms with Crippen LogP contribution in [0, 0.1) is 18.3 Å². The molecule has 1 aromatic carbocycles. The number of hydrogen-bond acceptors (Lipinski definition) is 11. The van der Waals surface area contributed by atoms with Crippen molar-refractivity contribution in [2.45, 2.75) is 50.5 Å². The Labute approximate surface area is 212 Å². The number of aromatic hydroxyl groups is 2. The molecule has 0 radical (unpaired) electrons. The molecule has 0 saturated carbocycles. The van der Waals surface area contributed by atoms with Crippen LogP contribution in [0.15, 0.2) is 22.5 Å². The fourth-order valence-electron chi connectivity index (χ4n) is 6.71. The molecule has 3 heterocycles. The molecule has 2 bridgehead atoms. The fourth-order valence-corrected chi connectivity index (χ4v) is 6.71. The van der Waals surface area contributed by atoms with E-state index in [4.69, 9.17) is 9.47 Å². The predicted molar refractivity (Wildman–Crippen MR) is 127 cm³/mol. The van der Waals surface area contributed by atoms with Gasteiger partial charge in [-0.25, -0.2) is 0 Å². The highest BCUT2D eigenvalue weighted by molar-refractivity contribution is 6.25. The summed E-state index contributed by atoms with van der Waals surface area (Å²) in [5.74, 6) is -2.30. The van der Waals surface area contributed by atoms with Gasteiger partial charge in [0, 0.05) is 33.9 Å². The number of Topliss-reactive ketones (excluding diaryl/α,β-unsaturated/α-hetero) is 3. The molecule has 194 valence electrons. The number of nitriles is 1. The number of phenolic OH excluding ortho intramolecular Hbond substituents is 2. The number of aliphatic hydroxyl groups is 1. The van der Waals surface area contributed by atoms with E-state index in [0.29, 0.717) is 0 Å². The molecule has 3 aliphatic heterocycles. The minimum absolute atomic E-state index is 0.00622. The van der Waals surface area contributed by atoms with Crippen molar-refractivity contribution in [3.8, 4) is 23.3 Å². The molecule has 4 aliphatic rings. The molecule has 0 aromatic heterocycles. The number of methoxy groups -OCH3 is 2. The van der Waals surface area contributed by atoms with E-state index in [1.807, 2.05) is 0 Å². The number of carbonyl (C=O) groups is 3. The topological polar surface area (TPSA) is 161 Å². The Kier molecular flexibility index (Phi) is 5.67. The summed E-state index contributed by atoms with van der Waals surface area (Å²) in [5, 5.41) is 43.0. The van der Waals surface area contributed by atoms with Crippen LogP contribution in [0.5, 0.6) is 17.2 Å². The van der Waals surface area contributed by atoms with Gasteiger partial charge in [-0.15, -0.1) is 0 Å². The van der Waals surface area contributed by atoms with Crippen molar-refractivity contribution >= 4 is 17.3 Å². The van der Waals surface area contributed by atoms with Gasteiger partial charge in [0.15, 0.2) is 28.8 Å². The molecule has 1 aromatic rings. The number of rotatable bonds is 3. The van der Waals surface area contributed by atoms with Crippen molar-refractivity contribution in [2.75, 3.05) is 27.9 Å². The first-order chi connectivity index (χ1) is 17.6. The normalized spacial score (nSPS) is 29.5. The van der Waals surface area contributed by atoms with E-state index in [1.165, 1.54) is 28.1 Å². The molecular formula is C26H27N3O8. The quantitative estimate of drug-likeness (QED) is 0.388. The summed E-state index contributed by atoms with van der Waals surface area (Å²) in [5.41, 5.74) is 0.613. The zero-order valence-corrected chi connectivity index (χ0v) is 21.0. The fraction of sp³-hybridized carbons (Fsp3) is 0.462. The van der Waals surface area contributed by atoms with Crippen molar-refractivity contribution in [3.05, 3.63) is 39.2 Å². The Morgan fingerprint density at radius 2 is 1.73 bits per heavy atom. The summed E-state index contributed by atoms with van der Waals surface area (Å²) < 4.78 is 10.5. The van der Waals surface area contributed by atoms with Crippen LogP contribution in [0.3, 0.4) is 0 Å². The number of fused-ring (bicyclic) bond motifs is 6. The maximum atomic E-state index is 13.8. The first-order valence-corrected chi connectivity index (χ1v) is 11.8. The number of piperazine rings is 1. The summed E-state index contributed by atoms with van der Waals surface area (Å²) in [6, 6.07) is -2.58. The number of carbonyl (C=O) groups excluding carboxylic acids is 3. The summed E-state index contributed by atoms with van der Waals surface area (Å²) in [6.07, 6.45) is 0.00860. The highest BCUT2D eigenvalue weighted by Gasteiger charge is 2.60. The Morgan fingerprint density at radius 1 is 1.05 bits per heavy atom. The Bertz CT molecular complexity index is 1390. The smallest absolute Gasteiger partial charge is 0.226 e. The number of hydrogen-bond donors (Lipinski definition) is 3. The number of ether oxygens (including phenoxy) is 2. The molecule has 11 heteroatoms. The number of allylic oxidation sites excluding steroid dienone is 2. The molecule has 37 heavy (non-hydrogen) atoms. The lowest BCUT2D eigenvalue weighted by Gasteiger charge is -2.59. The van der Waals surface area contributed by atoms with Gasteiger partial charge in [0.05, 0.1) is 44.5 Å². The first kappa shape index (κ1) is 25.0. The van der Waals surface area contributed by atoms with Gasteiger partial charge in [0.25, 0.3) is 0 Å². The molecule has 1 fully saturated rings. The van der Waals surface area contributed by atoms with Crippen LogP contribution < -0.4 is 4.74 Å². The van der Waals surface area contributed by atoms with Crippen LogP contribution in [0.4, 0.5) is 0 Å². The maximum Gasteiger partial charge on any atom is 0.226 e. The molecule has 1 saturated heterocycles. The largest absolute Gasteiger partial charge is 0.507 e. The molecule has 0 amide bonds.